The van der Waals surface area contributed by atoms with Crippen LogP contribution in [-0.2, 0) is 0 Å². The van der Waals surface area contributed by atoms with Gasteiger partial charge in [-0.15, -0.1) is 0 Å². The number of hydrogen-bond donors (Lipinski definition) is 0. The number of carbonyl (C=O) groups excluding carboxylic acids is 2. The zero-order chi connectivity index (χ0) is 30.2. The van der Waals surface area contributed by atoms with E-state index in [4.69, 9.17) is 18.9 Å². The van der Waals surface area contributed by atoms with Crippen LogP contribution in [0.3, 0.4) is 0 Å². The highest BCUT2D eigenvalue weighted by Crippen LogP contribution is 2.38. The zero-order valence-corrected chi connectivity index (χ0v) is 24.4. The highest BCUT2D eigenvalue weighted by atomic mass is 19.1. The minimum atomic E-state index is -0.384. The first-order chi connectivity index (χ1) is 21.0. The number of ether oxygens (including phenoxy) is 4. The molecule has 8 nitrogen and oxygen atoms in total. The fraction of sp³-hybridized carbons (Fsp3) is 0.324. The third-order valence-corrected chi connectivity index (χ3v) is 7.51. The lowest BCUT2D eigenvalue weighted by atomic mass is 10.1. The second kappa shape index (κ2) is 14.0. The van der Waals surface area contributed by atoms with Crippen LogP contribution in [0.2, 0.25) is 0 Å². The molecule has 0 bridgehead atoms. The van der Waals surface area contributed by atoms with Crippen LogP contribution in [0.25, 0.3) is 6.08 Å². The molecule has 2 aliphatic heterocycles. The molecule has 224 valence electrons. The summed E-state index contributed by atoms with van der Waals surface area (Å²) in [6, 6.07) is 14.5. The van der Waals surface area contributed by atoms with E-state index in [0.29, 0.717) is 53.0 Å². The maximum absolute atomic E-state index is 13.1. The van der Waals surface area contributed by atoms with E-state index in [0.717, 1.165) is 44.2 Å². The summed E-state index contributed by atoms with van der Waals surface area (Å²) in [5.74, 6) is 1.66. The van der Waals surface area contributed by atoms with Crippen LogP contribution in [0.4, 0.5) is 10.1 Å². The molecule has 2 heterocycles. The number of amides is 1. The van der Waals surface area contributed by atoms with Crippen molar-refractivity contribution in [2.45, 2.75) is 38.1 Å². The van der Waals surface area contributed by atoms with Crippen molar-refractivity contribution in [2.24, 2.45) is 4.99 Å². The minimum Gasteiger partial charge on any atom is -0.493 e. The van der Waals surface area contributed by atoms with Crippen LogP contribution < -0.4 is 18.9 Å². The van der Waals surface area contributed by atoms with Gasteiger partial charge >= 0.3 is 0 Å². The van der Waals surface area contributed by atoms with E-state index in [1.54, 1.807) is 38.5 Å². The van der Waals surface area contributed by atoms with E-state index in [-0.39, 0.29) is 23.5 Å². The first-order valence-corrected chi connectivity index (χ1v) is 14.5. The number of ketones is 1. The fourth-order valence-electron chi connectivity index (χ4n) is 5.15. The van der Waals surface area contributed by atoms with Crippen molar-refractivity contribution in [3.63, 3.8) is 0 Å². The molecule has 43 heavy (non-hydrogen) atoms. The quantitative estimate of drug-likeness (QED) is 0.126. The highest BCUT2D eigenvalue weighted by molar-refractivity contribution is 6.06. The van der Waals surface area contributed by atoms with Crippen molar-refractivity contribution in [2.75, 3.05) is 34.0 Å². The van der Waals surface area contributed by atoms with Crippen molar-refractivity contribution in [3.05, 3.63) is 83.2 Å². The molecule has 0 aliphatic carbocycles. The van der Waals surface area contributed by atoms with Crippen LogP contribution >= 0.6 is 0 Å². The standard InChI is InChI=1S/C34H35FN2O6/c1-40-31-19-23(8-14-29(38)24-10-12-25(35)13-11-24)9-15-30(31)42-17-4-3-5-18-43-33-21-28-27(20-32(33)41-2)34(39)37-16-6-7-26(37)22-36-28/h8-15,19-22,26H,3-7,16-18H2,1-2H3/b14-8+/t26-/m0/s1. The maximum Gasteiger partial charge on any atom is 0.256 e. The number of allylic oxidation sites excluding steroid dienone is 1. The maximum atomic E-state index is 13.1. The predicted molar refractivity (Wildman–Crippen MR) is 163 cm³/mol. The molecule has 3 aromatic rings. The van der Waals surface area contributed by atoms with Gasteiger partial charge in [-0.1, -0.05) is 12.1 Å². The summed E-state index contributed by atoms with van der Waals surface area (Å²) < 4.78 is 36.1. The molecule has 2 aliphatic rings. The topological polar surface area (TPSA) is 86.7 Å². The Hall–Kier alpha value is -4.66. The van der Waals surface area contributed by atoms with E-state index >= 15 is 0 Å². The molecule has 3 aromatic carbocycles. The molecule has 0 radical (unpaired) electrons. The normalized spacial score (nSPS) is 15.7. The molecule has 9 heteroatoms. The van der Waals surface area contributed by atoms with Gasteiger partial charge in [-0.2, -0.15) is 0 Å². The minimum absolute atomic E-state index is 0.0143. The largest absolute Gasteiger partial charge is 0.493 e. The van der Waals surface area contributed by atoms with Crippen LogP contribution in [-0.4, -0.2) is 62.8 Å². The summed E-state index contributed by atoms with van der Waals surface area (Å²) in [7, 11) is 3.14. The van der Waals surface area contributed by atoms with Gasteiger partial charge in [0, 0.05) is 24.4 Å². The van der Waals surface area contributed by atoms with E-state index < -0.39 is 0 Å². The van der Waals surface area contributed by atoms with E-state index in [2.05, 4.69) is 4.99 Å². The van der Waals surface area contributed by atoms with Gasteiger partial charge in [0.25, 0.3) is 5.91 Å². The second-order valence-electron chi connectivity index (χ2n) is 10.4. The molecule has 0 saturated carbocycles. The Morgan fingerprint density at radius 3 is 2.40 bits per heavy atom. The number of rotatable bonds is 13. The van der Waals surface area contributed by atoms with Crippen LogP contribution in [0, 0.1) is 5.82 Å². The Balaban J connectivity index is 1.08. The molecular formula is C34H35FN2O6. The van der Waals surface area contributed by atoms with Crippen molar-refractivity contribution < 1.29 is 32.9 Å². The molecule has 0 N–H and O–H groups in total. The number of hydrogen-bond acceptors (Lipinski definition) is 7. The van der Waals surface area contributed by atoms with Gasteiger partial charge in [0.2, 0.25) is 0 Å². The summed E-state index contributed by atoms with van der Waals surface area (Å²) in [5.41, 5.74) is 2.34. The molecule has 5 rings (SSSR count). The zero-order valence-electron chi connectivity index (χ0n) is 24.4. The van der Waals surface area contributed by atoms with Crippen LogP contribution in [0.15, 0.2) is 65.7 Å². The third kappa shape index (κ3) is 7.23. The summed E-state index contributed by atoms with van der Waals surface area (Å²) in [5, 5.41) is 0. The van der Waals surface area contributed by atoms with Gasteiger partial charge in [-0.25, -0.2) is 4.39 Å². The molecule has 0 spiro atoms. The summed E-state index contributed by atoms with van der Waals surface area (Å²) in [4.78, 5) is 31.8. The molecule has 1 atom stereocenters. The number of carbonyl (C=O) groups is 2. The van der Waals surface area contributed by atoms with Crippen molar-refractivity contribution in [3.8, 4) is 23.0 Å². The average molecular weight is 587 g/mol. The van der Waals surface area contributed by atoms with Crippen LogP contribution in [0.5, 0.6) is 23.0 Å². The Labute approximate surface area is 250 Å². The smallest absolute Gasteiger partial charge is 0.256 e. The average Bonchev–Trinajstić information content (AvgIpc) is 3.46. The van der Waals surface area contributed by atoms with Crippen molar-refractivity contribution >= 4 is 29.7 Å². The lowest BCUT2D eigenvalue weighted by Crippen LogP contribution is -2.35. The lowest BCUT2D eigenvalue weighted by Gasteiger charge is -2.20. The van der Waals surface area contributed by atoms with Crippen molar-refractivity contribution in [1.82, 2.24) is 4.90 Å². The SMILES string of the molecule is COc1cc(/C=C/C(=O)c2ccc(F)cc2)ccc1OCCCCCOc1cc2c(cc1OC)C(=O)N1CCC[C@H]1C=N2. The van der Waals surface area contributed by atoms with Gasteiger partial charge in [0.1, 0.15) is 5.82 Å². The number of unbranched alkanes of at least 4 members (excludes halogenated alkanes) is 2. The van der Waals surface area contributed by atoms with Gasteiger partial charge in [0.05, 0.1) is 44.7 Å². The number of nitrogens with zero attached hydrogens (tertiary/aromatic N) is 2. The van der Waals surface area contributed by atoms with E-state index in [9.17, 15) is 14.0 Å². The highest BCUT2D eigenvalue weighted by Gasteiger charge is 2.32. The Morgan fingerprint density at radius 1 is 0.930 bits per heavy atom. The van der Waals surface area contributed by atoms with Gasteiger partial charge in [0.15, 0.2) is 28.8 Å². The second-order valence-corrected chi connectivity index (χ2v) is 10.4. The fourth-order valence-corrected chi connectivity index (χ4v) is 5.15. The summed E-state index contributed by atoms with van der Waals surface area (Å²) >= 11 is 0. The summed E-state index contributed by atoms with van der Waals surface area (Å²) in [6.45, 7) is 1.74. The van der Waals surface area contributed by atoms with Gasteiger partial charge < -0.3 is 23.8 Å². The summed E-state index contributed by atoms with van der Waals surface area (Å²) in [6.07, 6.45) is 9.43. The van der Waals surface area contributed by atoms with E-state index in [1.807, 2.05) is 23.2 Å². The Morgan fingerprint density at radius 2 is 1.65 bits per heavy atom. The number of halogens is 1. The van der Waals surface area contributed by atoms with Gasteiger partial charge in [-0.3, -0.25) is 14.6 Å². The number of benzene rings is 3. The Kier molecular flexibility index (Phi) is 9.71. The molecule has 0 unspecified atom stereocenters. The van der Waals surface area contributed by atoms with Gasteiger partial charge in [-0.05, 0) is 86.2 Å². The molecule has 0 aromatic heterocycles. The number of methoxy groups -OCH3 is 2. The monoisotopic (exact) mass is 586 g/mol. The molecule has 1 saturated heterocycles. The van der Waals surface area contributed by atoms with Crippen LogP contribution in [0.1, 0.15) is 58.4 Å². The predicted octanol–water partition coefficient (Wildman–Crippen LogP) is 6.69. The first kappa shape index (κ1) is 29.8. The molecule has 1 amide bonds. The molecule has 1 fully saturated rings. The third-order valence-electron chi connectivity index (χ3n) is 7.51. The number of aliphatic imine (C=N–C) groups is 1. The van der Waals surface area contributed by atoms with Crippen molar-refractivity contribution in [1.29, 1.82) is 0 Å². The van der Waals surface area contributed by atoms with E-state index in [1.165, 1.54) is 30.3 Å². The number of fused-ring (bicyclic) bond motifs is 2. The lowest BCUT2D eigenvalue weighted by molar-refractivity contribution is 0.0774. The Bertz CT molecular complexity index is 1520. The first-order valence-electron chi connectivity index (χ1n) is 14.5. The molecular weight excluding hydrogens is 551 g/mol.